The van der Waals surface area contributed by atoms with E-state index in [1.54, 1.807) is 51.1 Å². The van der Waals surface area contributed by atoms with Gasteiger partial charge in [-0.05, 0) is 34.6 Å². The second-order valence-corrected chi connectivity index (χ2v) is 8.09. The number of nitrogens with zero attached hydrogens (tertiary/aromatic N) is 1. The highest BCUT2D eigenvalue weighted by atomic mass is 16.6. The Labute approximate surface area is 165 Å². The van der Waals surface area contributed by atoms with Gasteiger partial charge in [0.25, 0.3) is 0 Å². The van der Waals surface area contributed by atoms with Gasteiger partial charge in [0, 0.05) is 12.0 Å². The summed E-state index contributed by atoms with van der Waals surface area (Å²) in [7, 11) is 0. The smallest absolute Gasteiger partial charge is 0.411 e. The lowest BCUT2D eigenvalue weighted by atomic mass is 10.1. The van der Waals surface area contributed by atoms with Crippen LogP contribution < -0.4 is 0 Å². The Balaban J connectivity index is 2.04. The molecule has 1 amide bonds. The molecule has 1 aromatic carbocycles. The van der Waals surface area contributed by atoms with Crippen molar-refractivity contribution < 1.29 is 28.6 Å². The highest BCUT2D eigenvalue weighted by molar-refractivity contribution is 5.98. The van der Waals surface area contributed by atoms with E-state index in [0.717, 1.165) is 0 Å². The van der Waals surface area contributed by atoms with Crippen molar-refractivity contribution in [1.82, 2.24) is 4.90 Å². The monoisotopic (exact) mass is 391 g/mol. The zero-order chi connectivity index (χ0) is 20.9. The van der Waals surface area contributed by atoms with Crippen molar-refractivity contribution in [1.29, 1.82) is 0 Å². The summed E-state index contributed by atoms with van der Waals surface area (Å²) < 4.78 is 16.4. The highest BCUT2D eigenvalue weighted by Crippen LogP contribution is 2.25. The van der Waals surface area contributed by atoms with Gasteiger partial charge in [-0.25, -0.2) is 9.59 Å². The first kappa shape index (κ1) is 21.9. The number of benzene rings is 1. The van der Waals surface area contributed by atoms with Crippen molar-refractivity contribution in [2.75, 3.05) is 13.2 Å². The van der Waals surface area contributed by atoms with Crippen molar-refractivity contribution >= 4 is 17.8 Å². The molecule has 0 aromatic heterocycles. The molecule has 154 valence electrons. The first-order valence-corrected chi connectivity index (χ1v) is 9.47. The quantitative estimate of drug-likeness (QED) is 0.547. The van der Waals surface area contributed by atoms with Crippen LogP contribution in [0.1, 0.15) is 51.4 Å². The fourth-order valence-electron chi connectivity index (χ4n) is 2.97. The summed E-state index contributed by atoms with van der Waals surface area (Å²) in [6.07, 6.45) is -0.635. The molecule has 7 nitrogen and oxygen atoms in total. The normalized spacial score (nSPS) is 19.6. The number of rotatable bonds is 6. The van der Waals surface area contributed by atoms with Gasteiger partial charge in [-0.15, -0.1) is 0 Å². The van der Waals surface area contributed by atoms with Gasteiger partial charge in [0.15, 0.2) is 12.4 Å². The minimum absolute atomic E-state index is 0.0417. The molecule has 0 spiro atoms. The molecule has 1 saturated heterocycles. The Kier molecular flexibility index (Phi) is 7.18. The molecular formula is C21H29NO6. The Hall–Kier alpha value is -2.41. The van der Waals surface area contributed by atoms with E-state index in [1.807, 2.05) is 13.8 Å². The van der Waals surface area contributed by atoms with Crippen LogP contribution in [0.3, 0.4) is 0 Å². The molecular weight excluding hydrogens is 362 g/mol. The maximum absolute atomic E-state index is 12.6. The Morgan fingerprint density at radius 3 is 2.36 bits per heavy atom. The molecule has 28 heavy (non-hydrogen) atoms. The van der Waals surface area contributed by atoms with Gasteiger partial charge in [0.05, 0.1) is 18.8 Å². The molecule has 0 bridgehead atoms. The lowest BCUT2D eigenvalue weighted by Gasteiger charge is -2.27. The molecule has 7 heteroatoms. The van der Waals surface area contributed by atoms with Gasteiger partial charge in [-0.2, -0.15) is 0 Å². The SMILES string of the molecule is CC(C)O[C@@H]1C[C@@H](C(=O)OCC(=O)c2ccccc2)N(C(=O)OC(C)(C)C)C1. The van der Waals surface area contributed by atoms with Crippen molar-refractivity contribution in [3.8, 4) is 0 Å². The predicted octanol–water partition coefficient (Wildman–Crippen LogP) is 3.22. The zero-order valence-electron chi connectivity index (χ0n) is 17.1. The first-order valence-electron chi connectivity index (χ1n) is 9.47. The van der Waals surface area contributed by atoms with Crippen LogP contribution in [0.4, 0.5) is 4.79 Å². The maximum Gasteiger partial charge on any atom is 0.411 e. The summed E-state index contributed by atoms with van der Waals surface area (Å²) in [4.78, 5) is 38.7. The van der Waals surface area contributed by atoms with Crippen LogP contribution in [0.5, 0.6) is 0 Å². The number of ether oxygens (including phenoxy) is 3. The molecule has 1 aromatic rings. The van der Waals surface area contributed by atoms with Gasteiger partial charge in [-0.3, -0.25) is 9.69 Å². The molecule has 0 N–H and O–H groups in total. The van der Waals surface area contributed by atoms with E-state index in [0.29, 0.717) is 12.0 Å². The van der Waals surface area contributed by atoms with Gasteiger partial charge in [0.1, 0.15) is 11.6 Å². The van der Waals surface area contributed by atoms with E-state index in [9.17, 15) is 14.4 Å². The Bertz CT molecular complexity index is 695. The molecule has 0 saturated carbocycles. The van der Waals surface area contributed by atoms with E-state index in [2.05, 4.69) is 0 Å². The van der Waals surface area contributed by atoms with Crippen LogP contribution in [-0.4, -0.2) is 59.7 Å². The number of hydrogen-bond donors (Lipinski definition) is 0. The summed E-state index contributed by atoms with van der Waals surface area (Å²) in [6.45, 7) is 8.92. The topological polar surface area (TPSA) is 82.1 Å². The highest BCUT2D eigenvalue weighted by Gasteiger charge is 2.43. The average molecular weight is 391 g/mol. The number of Topliss-reactive ketones (excluding diaryl/α,β-unsaturated/α-hetero) is 1. The fraction of sp³-hybridized carbons (Fsp3) is 0.571. The standard InChI is InChI=1S/C21H29NO6/c1-14(2)27-16-11-17(22(12-16)20(25)28-21(3,4)5)19(24)26-13-18(23)15-9-7-6-8-10-15/h6-10,14,16-17H,11-13H2,1-5H3/t16-,17+/m1/s1. The number of carbonyl (C=O) groups excluding carboxylic acids is 3. The van der Waals surface area contributed by atoms with Gasteiger partial charge < -0.3 is 14.2 Å². The predicted molar refractivity (Wildman–Crippen MR) is 103 cm³/mol. The second kappa shape index (κ2) is 9.19. The molecule has 1 heterocycles. The average Bonchev–Trinajstić information content (AvgIpc) is 3.02. The lowest BCUT2D eigenvalue weighted by Crippen LogP contribution is -2.44. The third-order valence-corrected chi connectivity index (χ3v) is 4.07. The van der Waals surface area contributed by atoms with Crippen molar-refractivity contribution in [2.24, 2.45) is 0 Å². The number of likely N-dealkylation sites (tertiary alicyclic amines) is 1. The summed E-state index contributed by atoms with van der Waals surface area (Å²) in [5.74, 6) is -0.934. The van der Waals surface area contributed by atoms with Gasteiger partial charge >= 0.3 is 12.1 Å². The lowest BCUT2D eigenvalue weighted by molar-refractivity contribution is -0.147. The zero-order valence-corrected chi connectivity index (χ0v) is 17.1. The largest absolute Gasteiger partial charge is 0.456 e. The number of hydrogen-bond acceptors (Lipinski definition) is 6. The van der Waals surface area contributed by atoms with Crippen LogP contribution in [0.2, 0.25) is 0 Å². The number of carbonyl (C=O) groups is 3. The minimum atomic E-state index is -0.845. The van der Waals surface area contributed by atoms with E-state index >= 15 is 0 Å². The summed E-state index contributed by atoms with van der Waals surface area (Å²) in [5.41, 5.74) is -0.224. The van der Waals surface area contributed by atoms with Gasteiger partial charge in [0.2, 0.25) is 0 Å². The van der Waals surface area contributed by atoms with E-state index in [1.165, 1.54) is 4.90 Å². The van der Waals surface area contributed by atoms with Crippen molar-refractivity contribution in [2.45, 2.75) is 64.9 Å². The number of amides is 1. The maximum atomic E-state index is 12.6. The summed E-state index contributed by atoms with van der Waals surface area (Å²) in [6, 6.07) is 7.75. The van der Waals surface area contributed by atoms with E-state index < -0.39 is 23.7 Å². The Morgan fingerprint density at radius 1 is 1.14 bits per heavy atom. The third-order valence-electron chi connectivity index (χ3n) is 4.07. The fourth-order valence-corrected chi connectivity index (χ4v) is 2.97. The van der Waals surface area contributed by atoms with Crippen molar-refractivity contribution in [3.05, 3.63) is 35.9 Å². The van der Waals surface area contributed by atoms with Crippen LogP contribution >= 0.6 is 0 Å². The summed E-state index contributed by atoms with van der Waals surface area (Å²) >= 11 is 0. The van der Waals surface area contributed by atoms with E-state index in [4.69, 9.17) is 14.2 Å². The van der Waals surface area contributed by atoms with Crippen LogP contribution in [0.15, 0.2) is 30.3 Å². The second-order valence-electron chi connectivity index (χ2n) is 8.09. The Morgan fingerprint density at radius 2 is 1.79 bits per heavy atom. The summed E-state index contributed by atoms with van der Waals surface area (Å²) in [5, 5.41) is 0. The van der Waals surface area contributed by atoms with Gasteiger partial charge in [-0.1, -0.05) is 30.3 Å². The molecule has 2 atom stereocenters. The molecule has 0 unspecified atom stereocenters. The number of ketones is 1. The van der Waals surface area contributed by atoms with Crippen LogP contribution in [-0.2, 0) is 19.0 Å². The first-order chi connectivity index (χ1) is 13.1. The van der Waals surface area contributed by atoms with Crippen LogP contribution in [0, 0.1) is 0 Å². The molecule has 2 rings (SSSR count). The van der Waals surface area contributed by atoms with Crippen LogP contribution in [0.25, 0.3) is 0 Å². The minimum Gasteiger partial charge on any atom is -0.456 e. The van der Waals surface area contributed by atoms with Crippen molar-refractivity contribution in [3.63, 3.8) is 0 Å². The molecule has 0 aliphatic carbocycles. The molecule has 1 fully saturated rings. The molecule has 0 radical (unpaired) electrons. The molecule has 1 aliphatic heterocycles. The van der Waals surface area contributed by atoms with E-state index in [-0.39, 0.29) is 31.1 Å². The third kappa shape index (κ3) is 6.34. The number of esters is 1. The molecule has 1 aliphatic rings.